The lowest BCUT2D eigenvalue weighted by atomic mass is 10.0. The molecule has 0 unspecified atom stereocenters. The van der Waals surface area contributed by atoms with Crippen LogP contribution in [0, 0.1) is 0 Å². The van der Waals surface area contributed by atoms with Gasteiger partial charge in [-0.25, -0.2) is 0 Å². The van der Waals surface area contributed by atoms with Gasteiger partial charge >= 0.3 is 0 Å². The van der Waals surface area contributed by atoms with Crippen LogP contribution in [0.1, 0.15) is 30.4 Å². The number of hydrogen-bond acceptors (Lipinski definition) is 4. The number of amides is 2. The van der Waals surface area contributed by atoms with Crippen molar-refractivity contribution in [1.29, 1.82) is 0 Å². The van der Waals surface area contributed by atoms with Gasteiger partial charge in [0.15, 0.2) is 0 Å². The van der Waals surface area contributed by atoms with Crippen molar-refractivity contribution in [3.63, 3.8) is 0 Å². The largest absolute Gasteiger partial charge is 0.497 e. The minimum atomic E-state index is -0.226. The number of imide groups is 1. The molecule has 0 spiro atoms. The summed E-state index contributed by atoms with van der Waals surface area (Å²) in [7, 11) is 1.63. The second kappa shape index (κ2) is 8.92. The molecule has 6 heteroatoms. The lowest BCUT2D eigenvalue weighted by Gasteiger charge is -2.29. The number of likely N-dealkylation sites (tertiary alicyclic amines) is 1. The molecule has 2 aliphatic heterocycles. The Morgan fingerprint density at radius 1 is 0.900 bits per heavy atom. The molecule has 0 aliphatic carbocycles. The first-order valence-electron chi connectivity index (χ1n) is 10.3. The third kappa shape index (κ3) is 4.08. The Morgan fingerprint density at radius 3 is 2.20 bits per heavy atom. The SMILES string of the molecule is COc1ccc(CCN2C(=O)C(c3ccc(Cl)cc3)=C(N3CCCCC3)C2=O)cc1. The van der Waals surface area contributed by atoms with E-state index < -0.39 is 0 Å². The van der Waals surface area contributed by atoms with E-state index in [-0.39, 0.29) is 11.8 Å². The predicted octanol–water partition coefficient (Wildman–Crippen LogP) is 4.16. The minimum Gasteiger partial charge on any atom is -0.497 e. The van der Waals surface area contributed by atoms with Crippen LogP contribution in [-0.4, -0.2) is 48.4 Å². The molecular weight excluding hydrogens is 400 g/mol. The summed E-state index contributed by atoms with van der Waals surface area (Å²) in [6.07, 6.45) is 3.82. The normalized spacial score (nSPS) is 17.1. The van der Waals surface area contributed by atoms with Crippen LogP contribution in [0.25, 0.3) is 5.57 Å². The molecule has 5 nitrogen and oxygen atoms in total. The smallest absolute Gasteiger partial charge is 0.277 e. The van der Waals surface area contributed by atoms with Gasteiger partial charge in [0.05, 0.1) is 12.7 Å². The lowest BCUT2D eigenvalue weighted by molar-refractivity contribution is -0.137. The Bertz CT molecular complexity index is 961. The van der Waals surface area contributed by atoms with Crippen molar-refractivity contribution < 1.29 is 14.3 Å². The Hall–Kier alpha value is -2.79. The number of ether oxygens (including phenoxy) is 1. The van der Waals surface area contributed by atoms with Crippen molar-refractivity contribution in [2.24, 2.45) is 0 Å². The molecule has 0 bridgehead atoms. The number of halogens is 1. The van der Waals surface area contributed by atoms with Gasteiger partial charge in [-0.05, 0) is 61.1 Å². The summed E-state index contributed by atoms with van der Waals surface area (Å²) in [4.78, 5) is 30.2. The van der Waals surface area contributed by atoms with Gasteiger partial charge < -0.3 is 9.64 Å². The summed E-state index contributed by atoms with van der Waals surface area (Å²) in [5.74, 6) is 0.364. The van der Waals surface area contributed by atoms with Crippen LogP contribution < -0.4 is 4.74 Å². The van der Waals surface area contributed by atoms with Crippen molar-refractivity contribution in [2.75, 3.05) is 26.7 Å². The first-order valence-corrected chi connectivity index (χ1v) is 10.7. The maximum atomic E-state index is 13.3. The van der Waals surface area contributed by atoms with Crippen LogP contribution in [0.2, 0.25) is 5.02 Å². The summed E-state index contributed by atoms with van der Waals surface area (Å²) in [6, 6.07) is 14.9. The highest BCUT2D eigenvalue weighted by atomic mass is 35.5. The van der Waals surface area contributed by atoms with Gasteiger partial charge in [0.1, 0.15) is 11.4 Å². The summed E-state index contributed by atoms with van der Waals surface area (Å²) >= 11 is 6.04. The number of methoxy groups -OCH3 is 1. The van der Waals surface area contributed by atoms with Crippen molar-refractivity contribution in [1.82, 2.24) is 9.80 Å². The molecule has 0 radical (unpaired) electrons. The molecule has 0 atom stereocenters. The number of carbonyl (C=O) groups is 2. The molecule has 30 heavy (non-hydrogen) atoms. The summed E-state index contributed by atoms with van der Waals surface area (Å²) in [5, 5.41) is 0.604. The molecular formula is C24H25ClN2O3. The summed E-state index contributed by atoms with van der Waals surface area (Å²) < 4.78 is 5.19. The molecule has 2 aliphatic rings. The number of benzene rings is 2. The van der Waals surface area contributed by atoms with Gasteiger partial charge in [-0.1, -0.05) is 35.9 Å². The van der Waals surface area contributed by atoms with E-state index in [1.54, 1.807) is 19.2 Å². The minimum absolute atomic E-state index is 0.194. The maximum absolute atomic E-state index is 13.3. The molecule has 2 amide bonds. The summed E-state index contributed by atoms with van der Waals surface area (Å²) in [6.45, 7) is 1.95. The fourth-order valence-corrected chi connectivity index (χ4v) is 4.21. The number of nitrogens with zero attached hydrogens (tertiary/aromatic N) is 2. The first-order chi connectivity index (χ1) is 14.6. The van der Waals surface area contributed by atoms with Crippen LogP contribution in [0.5, 0.6) is 5.75 Å². The molecule has 0 saturated carbocycles. The second-order valence-corrected chi connectivity index (χ2v) is 8.07. The average Bonchev–Trinajstić information content (AvgIpc) is 3.03. The fraction of sp³-hybridized carbons (Fsp3) is 0.333. The molecule has 1 fully saturated rings. The Balaban J connectivity index is 1.60. The van der Waals surface area contributed by atoms with Crippen molar-refractivity contribution >= 4 is 29.0 Å². The Labute approximate surface area is 181 Å². The van der Waals surface area contributed by atoms with Gasteiger partial charge in [0.2, 0.25) is 0 Å². The monoisotopic (exact) mass is 424 g/mol. The highest BCUT2D eigenvalue weighted by Crippen LogP contribution is 2.33. The first kappa shape index (κ1) is 20.5. The molecule has 156 valence electrons. The third-order valence-corrected chi connectivity index (χ3v) is 5.98. The zero-order chi connectivity index (χ0) is 21.1. The topological polar surface area (TPSA) is 49.9 Å². The Morgan fingerprint density at radius 2 is 1.57 bits per heavy atom. The predicted molar refractivity (Wildman–Crippen MR) is 117 cm³/mol. The second-order valence-electron chi connectivity index (χ2n) is 7.64. The molecule has 2 heterocycles. The van der Waals surface area contributed by atoms with Crippen LogP contribution in [0.15, 0.2) is 54.2 Å². The van der Waals surface area contributed by atoms with Gasteiger partial charge in [-0.2, -0.15) is 0 Å². The van der Waals surface area contributed by atoms with Crippen molar-refractivity contribution in [3.05, 3.63) is 70.4 Å². The van der Waals surface area contributed by atoms with E-state index in [0.717, 1.165) is 49.2 Å². The van der Waals surface area contributed by atoms with E-state index in [9.17, 15) is 9.59 Å². The van der Waals surface area contributed by atoms with E-state index in [0.29, 0.717) is 29.3 Å². The maximum Gasteiger partial charge on any atom is 0.277 e. The highest BCUT2D eigenvalue weighted by molar-refractivity contribution is 6.36. The molecule has 0 aromatic heterocycles. The number of rotatable bonds is 6. The van der Waals surface area contributed by atoms with Crippen LogP contribution in [0.3, 0.4) is 0 Å². The fourth-order valence-electron chi connectivity index (χ4n) is 4.09. The van der Waals surface area contributed by atoms with Crippen LogP contribution in [0.4, 0.5) is 0 Å². The number of piperidine rings is 1. The van der Waals surface area contributed by atoms with E-state index in [4.69, 9.17) is 16.3 Å². The van der Waals surface area contributed by atoms with E-state index in [2.05, 4.69) is 4.90 Å². The van der Waals surface area contributed by atoms with Gasteiger partial charge in [0, 0.05) is 24.7 Å². The van der Waals surface area contributed by atoms with Crippen molar-refractivity contribution in [2.45, 2.75) is 25.7 Å². The standard InChI is InChI=1S/C24H25ClN2O3/c1-30-20-11-5-17(6-12-20)13-16-27-23(28)21(18-7-9-19(25)10-8-18)22(24(27)29)26-14-3-2-4-15-26/h5-12H,2-4,13-16H2,1H3. The highest BCUT2D eigenvalue weighted by Gasteiger charge is 2.41. The van der Waals surface area contributed by atoms with Gasteiger partial charge in [0.25, 0.3) is 11.8 Å². The van der Waals surface area contributed by atoms with Crippen molar-refractivity contribution in [3.8, 4) is 5.75 Å². The Kier molecular flexibility index (Phi) is 6.09. The van der Waals surface area contributed by atoms with E-state index in [1.165, 1.54) is 4.90 Å². The average molecular weight is 425 g/mol. The molecule has 2 aromatic carbocycles. The lowest BCUT2D eigenvalue weighted by Crippen LogP contribution is -2.38. The molecule has 2 aromatic rings. The summed E-state index contributed by atoms with van der Waals surface area (Å²) in [5.41, 5.74) is 2.83. The quantitative estimate of drug-likeness (QED) is 0.653. The molecule has 0 N–H and O–H groups in total. The molecule has 1 saturated heterocycles. The third-order valence-electron chi connectivity index (χ3n) is 5.73. The van der Waals surface area contributed by atoms with Gasteiger partial charge in [-0.3, -0.25) is 14.5 Å². The molecule has 4 rings (SSSR count). The number of hydrogen-bond donors (Lipinski definition) is 0. The number of carbonyl (C=O) groups excluding carboxylic acids is 2. The van der Waals surface area contributed by atoms with E-state index in [1.807, 2.05) is 36.4 Å². The van der Waals surface area contributed by atoms with Crippen LogP contribution >= 0.6 is 11.6 Å². The van der Waals surface area contributed by atoms with Gasteiger partial charge in [-0.15, -0.1) is 0 Å². The zero-order valence-electron chi connectivity index (χ0n) is 17.1. The van der Waals surface area contributed by atoms with Crippen LogP contribution in [-0.2, 0) is 16.0 Å². The zero-order valence-corrected chi connectivity index (χ0v) is 17.8. The van der Waals surface area contributed by atoms with E-state index >= 15 is 0 Å².